The van der Waals surface area contributed by atoms with E-state index in [2.05, 4.69) is 18.7 Å². The van der Waals surface area contributed by atoms with Gasteiger partial charge in [0, 0.05) is 13.1 Å². The molecule has 5 rings (SSSR count). The Bertz CT molecular complexity index is 380. The van der Waals surface area contributed by atoms with E-state index in [9.17, 15) is 4.79 Å². The number of nitrogens with zero attached hydrogens (tertiary/aromatic N) is 1. The molecule has 0 aromatic carbocycles. The zero-order chi connectivity index (χ0) is 14.0. The molecule has 0 unspecified atom stereocenters. The van der Waals surface area contributed by atoms with Gasteiger partial charge in [0.25, 0.3) is 0 Å². The van der Waals surface area contributed by atoms with Gasteiger partial charge in [0.05, 0.1) is 5.41 Å². The third kappa shape index (κ3) is 2.02. The first kappa shape index (κ1) is 13.2. The van der Waals surface area contributed by atoms with Crippen molar-refractivity contribution in [1.29, 1.82) is 0 Å². The van der Waals surface area contributed by atoms with Crippen LogP contribution in [0.3, 0.4) is 0 Å². The molecule has 1 heterocycles. The molecule has 4 bridgehead atoms. The van der Waals surface area contributed by atoms with Gasteiger partial charge in [-0.3, -0.25) is 4.79 Å². The van der Waals surface area contributed by atoms with Crippen LogP contribution in [0.4, 0.5) is 0 Å². The number of rotatable bonds is 1. The summed E-state index contributed by atoms with van der Waals surface area (Å²) in [6.45, 7) is 6.71. The summed E-state index contributed by atoms with van der Waals surface area (Å²) in [4.78, 5) is 15.4. The molecule has 4 aliphatic carbocycles. The molecular weight excluding hydrogens is 246 g/mol. The Morgan fingerprint density at radius 2 is 1.35 bits per heavy atom. The highest BCUT2D eigenvalue weighted by Gasteiger charge is 2.55. The minimum absolute atomic E-state index is 0.0796. The van der Waals surface area contributed by atoms with Crippen LogP contribution in [0.15, 0.2) is 0 Å². The molecule has 4 saturated carbocycles. The average Bonchev–Trinajstić information content (AvgIpc) is 2.36. The van der Waals surface area contributed by atoms with Crippen LogP contribution < -0.4 is 0 Å². The Kier molecular flexibility index (Phi) is 2.79. The van der Waals surface area contributed by atoms with Crippen molar-refractivity contribution in [2.24, 2.45) is 28.6 Å². The summed E-state index contributed by atoms with van der Waals surface area (Å²) in [6, 6.07) is 0. The Morgan fingerprint density at radius 1 is 0.900 bits per heavy atom. The maximum atomic E-state index is 13.2. The van der Waals surface area contributed by atoms with E-state index in [1.165, 1.54) is 51.4 Å². The quantitative estimate of drug-likeness (QED) is 0.712. The maximum absolute atomic E-state index is 13.2. The van der Waals surface area contributed by atoms with Crippen LogP contribution in [0.2, 0.25) is 0 Å². The molecule has 2 nitrogen and oxygen atoms in total. The van der Waals surface area contributed by atoms with Crippen molar-refractivity contribution in [3.63, 3.8) is 0 Å². The van der Waals surface area contributed by atoms with Gasteiger partial charge in [0.15, 0.2) is 0 Å². The second-order valence-electron chi connectivity index (χ2n) is 9.15. The molecule has 0 radical (unpaired) electrons. The highest BCUT2D eigenvalue weighted by atomic mass is 16.2. The maximum Gasteiger partial charge on any atom is 0.228 e. The van der Waals surface area contributed by atoms with E-state index >= 15 is 0 Å². The van der Waals surface area contributed by atoms with E-state index in [1.54, 1.807) is 0 Å². The predicted octanol–water partition coefficient (Wildman–Crippen LogP) is 3.85. The van der Waals surface area contributed by atoms with Gasteiger partial charge in [-0.05, 0) is 74.5 Å². The minimum atomic E-state index is 0.0796. The highest BCUT2D eigenvalue weighted by Crippen LogP contribution is 2.60. The summed E-state index contributed by atoms with van der Waals surface area (Å²) in [7, 11) is 0. The fourth-order valence-corrected chi connectivity index (χ4v) is 6.02. The standard InChI is InChI=1S/C18H29NO/c1-17(2)3-5-19(6-4-17)16(20)18-10-13-7-14(11-18)9-15(8-13)12-18/h13-15H,3-12H2,1-2H3. The summed E-state index contributed by atoms with van der Waals surface area (Å²) >= 11 is 0. The number of hydrogen-bond acceptors (Lipinski definition) is 1. The molecule has 2 heteroatoms. The summed E-state index contributed by atoms with van der Waals surface area (Å²) in [6.07, 6.45) is 10.3. The molecule has 0 N–H and O–H groups in total. The molecule has 0 aromatic rings. The topological polar surface area (TPSA) is 20.3 Å². The molecule has 112 valence electrons. The van der Waals surface area contributed by atoms with E-state index in [1.807, 2.05) is 0 Å². The molecule has 0 atom stereocenters. The lowest BCUT2D eigenvalue weighted by molar-refractivity contribution is -0.159. The fraction of sp³-hybridized carbons (Fsp3) is 0.944. The van der Waals surface area contributed by atoms with Crippen molar-refractivity contribution >= 4 is 5.91 Å². The largest absolute Gasteiger partial charge is 0.342 e. The highest BCUT2D eigenvalue weighted by molar-refractivity contribution is 5.83. The average molecular weight is 275 g/mol. The summed E-state index contributed by atoms with van der Waals surface area (Å²) in [5.41, 5.74) is 0.522. The Labute approximate surface area is 123 Å². The molecule has 20 heavy (non-hydrogen) atoms. The smallest absolute Gasteiger partial charge is 0.228 e. The summed E-state index contributed by atoms with van der Waals surface area (Å²) in [5.74, 6) is 3.19. The number of likely N-dealkylation sites (tertiary alicyclic amines) is 1. The van der Waals surface area contributed by atoms with Crippen molar-refractivity contribution in [1.82, 2.24) is 4.90 Å². The molecular formula is C18H29NO. The first-order chi connectivity index (χ1) is 9.46. The monoisotopic (exact) mass is 275 g/mol. The van der Waals surface area contributed by atoms with Crippen LogP contribution in [0, 0.1) is 28.6 Å². The Balaban J connectivity index is 1.51. The van der Waals surface area contributed by atoms with E-state index in [0.717, 1.165) is 30.8 Å². The lowest BCUT2D eigenvalue weighted by Gasteiger charge is -2.57. The minimum Gasteiger partial charge on any atom is -0.342 e. The van der Waals surface area contributed by atoms with Gasteiger partial charge in [-0.25, -0.2) is 0 Å². The number of hydrogen-bond donors (Lipinski definition) is 0. The summed E-state index contributed by atoms with van der Waals surface area (Å²) < 4.78 is 0. The molecule has 0 aromatic heterocycles. The van der Waals surface area contributed by atoms with Crippen molar-refractivity contribution in [2.45, 2.75) is 65.2 Å². The van der Waals surface area contributed by atoms with Crippen molar-refractivity contribution < 1.29 is 4.79 Å². The second-order valence-corrected chi connectivity index (χ2v) is 9.15. The molecule has 1 aliphatic heterocycles. The number of carbonyl (C=O) groups is 1. The second kappa shape index (κ2) is 4.24. The zero-order valence-corrected chi connectivity index (χ0v) is 13.2. The van der Waals surface area contributed by atoms with Gasteiger partial charge in [-0.1, -0.05) is 13.8 Å². The van der Waals surface area contributed by atoms with Gasteiger partial charge < -0.3 is 4.90 Å². The van der Waals surface area contributed by atoms with Crippen molar-refractivity contribution in [3.8, 4) is 0 Å². The lowest BCUT2D eigenvalue weighted by atomic mass is 9.49. The molecule has 5 fully saturated rings. The van der Waals surface area contributed by atoms with Crippen molar-refractivity contribution in [2.75, 3.05) is 13.1 Å². The van der Waals surface area contributed by atoms with Crippen LogP contribution in [0.25, 0.3) is 0 Å². The van der Waals surface area contributed by atoms with Gasteiger partial charge in [-0.15, -0.1) is 0 Å². The van der Waals surface area contributed by atoms with E-state index in [-0.39, 0.29) is 5.41 Å². The first-order valence-corrected chi connectivity index (χ1v) is 8.75. The SMILES string of the molecule is CC1(C)CCN(C(=O)C23CC4CC(CC(C4)C2)C3)CC1. The fourth-order valence-electron chi connectivity index (χ4n) is 6.02. The van der Waals surface area contributed by atoms with Gasteiger partial charge in [-0.2, -0.15) is 0 Å². The third-order valence-electron chi connectivity index (χ3n) is 6.90. The first-order valence-electron chi connectivity index (χ1n) is 8.75. The number of piperidine rings is 1. The van der Waals surface area contributed by atoms with Gasteiger partial charge in [0.1, 0.15) is 0 Å². The van der Waals surface area contributed by atoms with Crippen LogP contribution in [0.5, 0.6) is 0 Å². The van der Waals surface area contributed by atoms with E-state index in [4.69, 9.17) is 0 Å². The van der Waals surface area contributed by atoms with Gasteiger partial charge >= 0.3 is 0 Å². The molecule has 1 amide bonds. The zero-order valence-electron chi connectivity index (χ0n) is 13.2. The van der Waals surface area contributed by atoms with E-state index in [0.29, 0.717) is 11.3 Å². The lowest BCUT2D eigenvalue weighted by Crippen LogP contribution is -2.56. The Hall–Kier alpha value is -0.530. The molecule has 1 saturated heterocycles. The van der Waals surface area contributed by atoms with Crippen LogP contribution in [-0.4, -0.2) is 23.9 Å². The third-order valence-corrected chi connectivity index (χ3v) is 6.90. The van der Waals surface area contributed by atoms with Crippen LogP contribution >= 0.6 is 0 Å². The number of amides is 1. The van der Waals surface area contributed by atoms with Crippen molar-refractivity contribution in [3.05, 3.63) is 0 Å². The molecule has 5 aliphatic rings. The predicted molar refractivity (Wildman–Crippen MR) is 80.2 cm³/mol. The van der Waals surface area contributed by atoms with Crippen LogP contribution in [0.1, 0.15) is 65.2 Å². The van der Waals surface area contributed by atoms with Gasteiger partial charge in [0.2, 0.25) is 5.91 Å². The van der Waals surface area contributed by atoms with E-state index < -0.39 is 0 Å². The summed E-state index contributed by atoms with van der Waals surface area (Å²) in [5, 5.41) is 0. The molecule has 0 spiro atoms. The van der Waals surface area contributed by atoms with Crippen LogP contribution in [-0.2, 0) is 4.79 Å². The normalized spacial score (nSPS) is 45.7. The Morgan fingerprint density at radius 3 is 1.80 bits per heavy atom. The number of carbonyl (C=O) groups excluding carboxylic acids is 1.